The summed E-state index contributed by atoms with van der Waals surface area (Å²) in [5.41, 5.74) is 4.44. The average molecular weight is 345 g/mol. The Morgan fingerprint density at radius 1 is 1.32 bits per heavy atom. The first kappa shape index (κ1) is 18.0. The molecule has 0 radical (unpaired) electrons. The smallest absolute Gasteiger partial charge is 0.338 e. The molecule has 6 nitrogen and oxygen atoms in total. The van der Waals surface area contributed by atoms with Crippen LogP contribution in [0.3, 0.4) is 0 Å². The lowest BCUT2D eigenvalue weighted by molar-refractivity contribution is -0.139. The second-order valence-corrected chi connectivity index (χ2v) is 5.08. The molecule has 1 aromatic rings. The predicted octanol–water partition coefficient (Wildman–Crippen LogP) is 2.48. The Hall–Kier alpha value is -3.39. The molecule has 0 aromatic heterocycles. The van der Waals surface area contributed by atoms with Gasteiger partial charge in [-0.05, 0) is 26.0 Å². The molecule has 128 valence electrons. The van der Waals surface area contributed by atoms with Crippen molar-refractivity contribution in [1.29, 1.82) is 10.5 Å². The normalized spacial score (nSPS) is 16.8. The van der Waals surface area contributed by atoms with E-state index in [2.05, 4.69) is 0 Å². The molecule has 0 amide bonds. The van der Waals surface area contributed by atoms with E-state index in [0.717, 1.165) is 6.07 Å². The van der Waals surface area contributed by atoms with E-state index in [-0.39, 0.29) is 35.0 Å². The summed E-state index contributed by atoms with van der Waals surface area (Å²) in [5, 5.41) is 18.2. The highest BCUT2D eigenvalue weighted by atomic mass is 19.1. The maximum absolute atomic E-state index is 14.5. The fourth-order valence-electron chi connectivity index (χ4n) is 2.53. The summed E-state index contributed by atoms with van der Waals surface area (Å²) in [5.74, 6) is -4.39. The summed E-state index contributed by atoms with van der Waals surface area (Å²) >= 11 is 0. The van der Waals surface area contributed by atoms with Crippen LogP contribution in [0, 0.1) is 34.3 Å². The summed E-state index contributed by atoms with van der Waals surface area (Å²) in [6.07, 6.45) is 0. The van der Waals surface area contributed by atoms with E-state index >= 15 is 0 Å². The highest BCUT2D eigenvalue weighted by Crippen LogP contribution is 2.41. The zero-order valence-electron chi connectivity index (χ0n) is 13.4. The quantitative estimate of drug-likeness (QED) is 0.843. The predicted molar refractivity (Wildman–Crippen MR) is 81.1 cm³/mol. The molecule has 1 aromatic carbocycles. The van der Waals surface area contributed by atoms with Crippen molar-refractivity contribution in [3.63, 3.8) is 0 Å². The SMILES string of the molecule is CCOC(=O)C1=C(C)OC(N)=C(C#N)C1c1cc(F)c(C#N)cc1F. The first-order valence-electron chi connectivity index (χ1n) is 7.20. The summed E-state index contributed by atoms with van der Waals surface area (Å²) in [6, 6.07) is 4.74. The Bertz CT molecular complexity index is 892. The first-order chi connectivity index (χ1) is 11.8. The third-order valence-electron chi connectivity index (χ3n) is 3.62. The van der Waals surface area contributed by atoms with Gasteiger partial charge < -0.3 is 15.2 Å². The maximum atomic E-state index is 14.5. The van der Waals surface area contributed by atoms with Crippen molar-refractivity contribution in [3.05, 3.63) is 57.7 Å². The number of esters is 1. The average Bonchev–Trinajstić information content (AvgIpc) is 2.56. The standard InChI is InChI=1S/C17H13F2N3O3/c1-3-24-17(23)14-8(2)25-16(22)11(7-21)15(14)10-5-12(18)9(6-20)4-13(10)19/h4-5,15H,3,22H2,1-2H3. The van der Waals surface area contributed by atoms with Gasteiger partial charge in [0.05, 0.1) is 23.7 Å². The lowest BCUT2D eigenvalue weighted by Gasteiger charge is -2.27. The number of benzene rings is 1. The van der Waals surface area contributed by atoms with Gasteiger partial charge in [0.25, 0.3) is 0 Å². The number of rotatable bonds is 3. The van der Waals surface area contributed by atoms with Crippen molar-refractivity contribution < 1.29 is 23.0 Å². The second kappa shape index (κ2) is 7.02. The molecule has 0 bridgehead atoms. The van der Waals surface area contributed by atoms with Gasteiger partial charge in [-0.25, -0.2) is 13.6 Å². The van der Waals surface area contributed by atoms with Gasteiger partial charge in [-0.2, -0.15) is 10.5 Å². The largest absolute Gasteiger partial charge is 0.463 e. The number of carbonyl (C=O) groups excluding carboxylic acids is 1. The molecule has 2 rings (SSSR count). The van der Waals surface area contributed by atoms with Gasteiger partial charge in [0.1, 0.15) is 35.1 Å². The molecule has 25 heavy (non-hydrogen) atoms. The summed E-state index contributed by atoms with van der Waals surface area (Å²) < 4.78 is 38.6. The molecule has 2 N–H and O–H groups in total. The molecular weight excluding hydrogens is 332 g/mol. The van der Waals surface area contributed by atoms with Gasteiger partial charge in [-0.3, -0.25) is 0 Å². The third-order valence-corrected chi connectivity index (χ3v) is 3.62. The van der Waals surface area contributed by atoms with Gasteiger partial charge in [-0.15, -0.1) is 0 Å². The van der Waals surface area contributed by atoms with Crippen molar-refractivity contribution in [2.24, 2.45) is 5.73 Å². The number of nitriles is 2. The number of hydrogen-bond donors (Lipinski definition) is 1. The monoisotopic (exact) mass is 345 g/mol. The minimum Gasteiger partial charge on any atom is -0.463 e. The highest BCUT2D eigenvalue weighted by molar-refractivity contribution is 5.92. The van der Waals surface area contributed by atoms with E-state index in [9.17, 15) is 18.8 Å². The topological polar surface area (TPSA) is 109 Å². The van der Waals surface area contributed by atoms with Crippen LogP contribution in [0.5, 0.6) is 0 Å². The molecule has 0 saturated heterocycles. The van der Waals surface area contributed by atoms with Gasteiger partial charge in [0.2, 0.25) is 5.88 Å². The molecule has 0 fully saturated rings. The van der Waals surface area contributed by atoms with Crippen LogP contribution in [0.2, 0.25) is 0 Å². The Morgan fingerprint density at radius 3 is 2.56 bits per heavy atom. The highest BCUT2D eigenvalue weighted by Gasteiger charge is 2.38. The molecule has 1 unspecified atom stereocenters. The van der Waals surface area contributed by atoms with E-state index in [4.69, 9.17) is 20.5 Å². The molecule has 1 heterocycles. The van der Waals surface area contributed by atoms with Crippen molar-refractivity contribution in [1.82, 2.24) is 0 Å². The van der Waals surface area contributed by atoms with Gasteiger partial charge in [0.15, 0.2) is 0 Å². The Kier molecular flexibility index (Phi) is 5.04. The van der Waals surface area contributed by atoms with Crippen LogP contribution in [0.4, 0.5) is 8.78 Å². The lowest BCUT2D eigenvalue weighted by Crippen LogP contribution is -2.26. The first-order valence-corrected chi connectivity index (χ1v) is 7.20. The third kappa shape index (κ3) is 3.15. The molecular formula is C17H13F2N3O3. The number of ether oxygens (including phenoxy) is 2. The summed E-state index contributed by atoms with van der Waals surface area (Å²) in [6.45, 7) is 3.01. The van der Waals surface area contributed by atoms with E-state index in [0.29, 0.717) is 6.07 Å². The Labute approximate surface area is 142 Å². The fourth-order valence-corrected chi connectivity index (χ4v) is 2.53. The number of halogens is 2. The molecule has 0 saturated carbocycles. The van der Waals surface area contributed by atoms with Crippen molar-refractivity contribution in [2.75, 3.05) is 6.61 Å². The van der Waals surface area contributed by atoms with Crippen LogP contribution in [0.15, 0.2) is 34.9 Å². The van der Waals surface area contributed by atoms with Gasteiger partial charge in [-0.1, -0.05) is 0 Å². The zero-order chi connectivity index (χ0) is 18.7. The summed E-state index contributed by atoms with van der Waals surface area (Å²) in [7, 11) is 0. The molecule has 1 aliphatic rings. The number of nitrogens with two attached hydrogens (primary N) is 1. The fraction of sp³-hybridized carbons (Fsp3) is 0.235. The van der Waals surface area contributed by atoms with Gasteiger partial charge in [0, 0.05) is 5.56 Å². The number of hydrogen-bond acceptors (Lipinski definition) is 6. The Balaban J connectivity index is 2.74. The van der Waals surface area contributed by atoms with Crippen molar-refractivity contribution in [2.45, 2.75) is 19.8 Å². The van der Waals surface area contributed by atoms with Crippen LogP contribution in [-0.4, -0.2) is 12.6 Å². The van der Waals surface area contributed by atoms with Crippen LogP contribution in [0.1, 0.15) is 30.9 Å². The minimum absolute atomic E-state index is 0.0177. The van der Waals surface area contributed by atoms with Crippen LogP contribution in [0.25, 0.3) is 0 Å². The minimum atomic E-state index is -1.31. The van der Waals surface area contributed by atoms with Crippen molar-refractivity contribution >= 4 is 5.97 Å². The number of carbonyl (C=O) groups is 1. The molecule has 1 atom stereocenters. The van der Waals surface area contributed by atoms with Crippen LogP contribution < -0.4 is 5.73 Å². The van der Waals surface area contributed by atoms with E-state index in [1.807, 2.05) is 0 Å². The zero-order valence-corrected chi connectivity index (χ0v) is 13.4. The van der Waals surface area contributed by atoms with Crippen LogP contribution >= 0.6 is 0 Å². The van der Waals surface area contributed by atoms with Crippen molar-refractivity contribution in [3.8, 4) is 12.1 Å². The second-order valence-electron chi connectivity index (χ2n) is 5.08. The molecule has 0 spiro atoms. The Morgan fingerprint density at radius 2 is 2.00 bits per heavy atom. The van der Waals surface area contributed by atoms with E-state index < -0.39 is 29.1 Å². The van der Waals surface area contributed by atoms with E-state index in [1.54, 1.807) is 13.0 Å². The van der Waals surface area contributed by atoms with Crippen LogP contribution in [-0.2, 0) is 14.3 Å². The van der Waals surface area contributed by atoms with E-state index in [1.165, 1.54) is 13.0 Å². The molecule has 8 heteroatoms. The number of nitrogens with zero attached hydrogens (tertiary/aromatic N) is 2. The molecule has 0 aliphatic carbocycles. The lowest BCUT2D eigenvalue weighted by atomic mass is 9.82. The maximum Gasteiger partial charge on any atom is 0.338 e. The summed E-state index contributed by atoms with van der Waals surface area (Å²) in [4.78, 5) is 12.3. The van der Waals surface area contributed by atoms with Gasteiger partial charge >= 0.3 is 5.97 Å². The molecule has 1 aliphatic heterocycles. The number of allylic oxidation sites excluding steroid dienone is 2.